The lowest BCUT2D eigenvalue weighted by atomic mass is 10.2. The van der Waals surface area contributed by atoms with Gasteiger partial charge in [-0.3, -0.25) is 4.79 Å². The van der Waals surface area contributed by atoms with Gasteiger partial charge in [-0.2, -0.15) is 0 Å². The Balaban J connectivity index is 1.47. The van der Waals surface area contributed by atoms with Crippen molar-refractivity contribution in [1.82, 2.24) is 20.2 Å². The second-order valence-electron chi connectivity index (χ2n) is 7.64. The average molecular weight is 474 g/mol. The third-order valence-electron chi connectivity index (χ3n) is 5.38. The molecule has 2 heterocycles. The molecule has 2 aromatic carbocycles. The van der Waals surface area contributed by atoms with E-state index in [1.807, 2.05) is 6.07 Å². The monoisotopic (exact) mass is 473 g/mol. The SMILES string of the molecule is COc1cc2ncnc(Nc3ccc(F)c(Cl)c3)c2cc1OCCCN1CCNC(=O)CC1. The first-order valence-electron chi connectivity index (χ1n) is 10.7. The molecule has 0 unspecified atom stereocenters. The number of hydrogen-bond donors (Lipinski definition) is 2. The Bertz CT molecular complexity index is 1150. The zero-order valence-electron chi connectivity index (χ0n) is 18.2. The number of aromatic nitrogens is 2. The maximum Gasteiger partial charge on any atom is 0.221 e. The molecule has 4 rings (SSSR count). The summed E-state index contributed by atoms with van der Waals surface area (Å²) in [6.45, 7) is 3.60. The lowest BCUT2D eigenvalue weighted by Gasteiger charge is -2.19. The number of carbonyl (C=O) groups excluding carboxylic acids is 1. The highest BCUT2D eigenvalue weighted by Gasteiger charge is 2.15. The topological polar surface area (TPSA) is 88.6 Å². The molecular weight excluding hydrogens is 449 g/mol. The van der Waals surface area contributed by atoms with Gasteiger partial charge in [0.15, 0.2) is 11.5 Å². The number of carbonyl (C=O) groups is 1. The highest BCUT2D eigenvalue weighted by molar-refractivity contribution is 6.31. The molecule has 33 heavy (non-hydrogen) atoms. The number of ether oxygens (including phenoxy) is 2. The molecule has 174 valence electrons. The van der Waals surface area contributed by atoms with Gasteiger partial charge in [-0.15, -0.1) is 0 Å². The van der Waals surface area contributed by atoms with Crippen LogP contribution < -0.4 is 20.1 Å². The summed E-state index contributed by atoms with van der Waals surface area (Å²) in [6.07, 6.45) is 2.77. The zero-order chi connectivity index (χ0) is 23.2. The van der Waals surface area contributed by atoms with Crippen molar-refractivity contribution in [3.63, 3.8) is 0 Å². The van der Waals surface area contributed by atoms with E-state index < -0.39 is 5.82 Å². The molecular formula is C23H25ClFN5O3. The third kappa shape index (κ3) is 5.80. The van der Waals surface area contributed by atoms with Gasteiger partial charge in [0.2, 0.25) is 5.91 Å². The van der Waals surface area contributed by atoms with E-state index in [0.717, 1.165) is 31.4 Å². The Labute approximate surface area is 196 Å². The normalized spacial score (nSPS) is 14.6. The second-order valence-corrected chi connectivity index (χ2v) is 8.05. The van der Waals surface area contributed by atoms with Crippen molar-refractivity contribution in [3.05, 3.63) is 47.5 Å². The van der Waals surface area contributed by atoms with Crippen LogP contribution in [0.1, 0.15) is 12.8 Å². The van der Waals surface area contributed by atoms with Gasteiger partial charge in [-0.05, 0) is 30.7 Å². The van der Waals surface area contributed by atoms with Gasteiger partial charge in [-0.25, -0.2) is 14.4 Å². The number of nitrogens with zero attached hydrogens (tertiary/aromatic N) is 3. The van der Waals surface area contributed by atoms with E-state index in [2.05, 4.69) is 25.5 Å². The fourth-order valence-corrected chi connectivity index (χ4v) is 3.83. The van der Waals surface area contributed by atoms with Crippen molar-refractivity contribution < 1.29 is 18.7 Å². The molecule has 1 amide bonds. The van der Waals surface area contributed by atoms with Crippen LogP contribution in [0, 0.1) is 5.82 Å². The van der Waals surface area contributed by atoms with Crippen LogP contribution in [0.25, 0.3) is 10.9 Å². The van der Waals surface area contributed by atoms with Gasteiger partial charge in [0, 0.05) is 49.7 Å². The smallest absolute Gasteiger partial charge is 0.221 e. The molecule has 10 heteroatoms. The first-order chi connectivity index (χ1) is 16.0. The third-order valence-corrected chi connectivity index (χ3v) is 5.67. The molecule has 0 aliphatic carbocycles. The molecule has 1 aromatic heterocycles. The summed E-state index contributed by atoms with van der Waals surface area (Å²) in [5.74, 6) is 1.30. The average Bonchev–Trinajstić information content (AvgIpc) is 3.03. The molecule has 0 spiro atoms. The van der Waals surface area contributed by atoms with Crippen molar-refractivity contribution in [2.75, 3.05) is 45.2 Å². The Morgan fingerprint density at radius 3 is 2.91 bits per heavy atom. The van der Waals surface area contributed by atoms with Gasteiger partial charge < -0.3 is 25.0 Å². The van der Waals surface area contributed by atoms with Crippen LogP contribution in [0.3, 0.4) is 0 Å². The number of amides is 1. The molecule has 1 saturated heterocycles. The fraction of sp³-hybridized carbons (Fsp3) is 0.348. The van der Waals surface area contributed by atoms with Crippen LogP contribution in [-0.2, 0) is 4.79 Å². The first-order valence-corrected chi connectivity index (χ1v) is 11.1. The Morgan fingerprint density at radius 1 is 1.21 bits per heavy atom. The number of hydrogen-bond acceptors (Lipinski definition) is 7. The Hall–Kier alpha value is -3.17. The number of methoxy groups -OCH3 is 1. The zero-order valence-corrected chi connectivity index (χ0v) is 19.0. The van der Waals surface area contributed by atoms with Gasteiger partial charge in [0.05, 0.1) is 24.3 Å². The summed E-state index contributed by atoms with van der Waals surface area (Å²) in [6, 6.07) is 8.00. The van der Waals surface area contributed by atoms with Crippen LogP contribution in [0.4, 0.5) is 15.9 Å². The molecule has 0 atom stereocenters. The number of halogens is 2. The standard InChI is InChI=1S/C23H25ClFN5O3/c1-32-20-13-19-16(23(28-14-27-19)29-15-3-4-18(25)17(24)11-15)12-21(20)33-10-2-7-30-8-5-22(31)26-6-9-30/h3-4,11-14H,2,5-10H2,1H3,(H,26,31)(H,27,28,29). The highest BCUT2D eigenvalue weighted by Crippen LogP contribution is 2.35. The van der Waals surface area contributed by atoms with E-state index in [-0.39, 0.29) is 10.9 Å². The molecule has 0 bridgehead atoms. The van der Waals surface area contributed by atoms with Crippen LogP contribution in [0.2, 0.25) is 5.02 Å². The largest absolute Gasteiger partial charge is 0.493 e. The number of anilines is 2. The molecule has 0 saturated carbocycles. The summed E-state index contributed by atoms with van der Waals surface area (Å²) < 4.78 is 25.0. The molecule has 1 fully saturated rings. The number of benzene rings is 2. The van der Waals surface area contributed by atoms with Gasteiger partial charge in [-0.1, -0.05) is 11.6 Å². The van der Waals surface area contributed by atoms with E-state index in [4.69, 9.17) is 21.1 Å². The minimum Gasteiger partial charge on any atom is -0.493 e. The summed E-state index contributed by atoms with van der Waals surface area (Å²) in [7, 11) is 1.58. The quantitative estimate of drug-likeness (QED) is 0.481. The lowest BCUT2D eigenvalue weighted by molar-refractivity contribution is -0.120. The summed E-state index contributed by atoms with van der Waals surface area (Å²) >= 11 is 5.90. The van der Waals surface area contributed by atoms with Crippen molar-refractivity contribution in [2.24, 2.45) is 0 Å². The minimum atomic E-state index is -0.488. The maximum atomic E-state index is 13.5. The van der Waals surface area contributed by atoms with Crippen molar-refractivity contribution in [1.29, 1.82) is 0 Å². The predicted octanol–water partition coefficient (Wildman–Crippen LogP) is 3.77. The maximum absolute atomic E-state index is 13.5. The van der Waals surface area contributed by atoms with Crippen molar-refractivity contribution >= 4 is 39.9 Å². The van der Waals surface area contributed by atoms with E-state index in [1.165, 1.54) is 18.5 Å². The fourth-order valence-electron chi connectivity index (χ4n) is 3.65. The molecule has 3 aromatic rings. The lowest BCUT2D eigenvalue weighted by Crippen LogP contribution is -2.30. The number of fused-ring (bicyclic) bond motifs is 1. The summed E-state index contributed by atoms with van der Waals surface area (Å²) in [5, 5.41) is 6.79. The molecule has 1 aliphatic rings. The Kier molecular flexibility index (Phi) is 7.41. The van der Waals surface area contributed by atoms with Gasteiger partial charge in [0.25, 0.3) is 0 Å². The van der Waals surface area contributed by atoms with Crippen LogP contribution in [0.5, 0.6) is 11.5 Å². The molecule has 2 N–H and O–H groups in total. The minimum absolute atomic E-state index is 0.0219. The second kappa shape index (κ2) is 10.6. The number of nitrogens with one attached hydrogen (secondary N) is 2. The summed E-state index contributed by atoms with van der Waals surface area (Å²) in [5.41, 5.74) is 1.27. The highest BCUT2D eigenvalue weighted by atomic mass is 35.5. The van der Waals surface area contributed by atoms with Crippen molar-refractivity contribution in [3.8, 4) is 11.5 Å². The van der Waals surface area contributed by atoms with Gasteiger partial charge in [0.1, 0.15) is 18.0 Å². The Morgan fingerprint density at radius 2 is 2.09 bits per heavy atom. The predicted molar refractivity (Wildman–Crippen MR) is 125 cm³/mol. The van der Waals surface area contributed by atoms with E-state index in [9.17, 15) is 9.18 Å². The summed E-state index contributed by atoms with van der Waals surface area (Å²) in [4.78, 5) is 22.4. The van der Waals surface area contributed by atoms with Crippen LogP contribution in [-0.4, -0.2) is 60.7 Å². The van der Waals surface area contributed by atoms with Crippen molar-refractivity contribution in [2.45, 2.75) is 12.8 Å². The van der Waals surface area contributed by atoms with E-state index in [1.54, 1.807) is 19.2 Å². The van der Waals surface area contributed by atoms with Gasteiger partial charge >= 0.3 is 0 Å². The van der Waals surface area contributed by atoms with Crippen LogP contribution in [0.15, 0.2) is 36.7 Å². The molecule has 1 aliphatic heterocycles. The van der Waals surface area contributed by atoms with Crippen LogP contribution >= 0.6 is 11.6 Å². The first kappa shape index (κ1) is 23.0. The van der Waals surface area contributed by atoms with E-state index >= 15 is 0 Å². The van der Waals surface area contributed by atoms with E-state index in [0.29, 0.717) is 48.1 Å². The molecule has 8 nitrogen and oxygen atoms in total. The number of rotatable bonds is 8. The molecule has 0 radical (unpaired) electrons.